The Morgan fingerprint density at radius 2 is 2.18 bits per heavy atom. The van der Waals surface area contributed by atoms with E-state index < -0.39 is 0 Å². The summed E-state index contributed by atoms with van der Waals surface area (Å²) < 4.78 is 0. The Balaban J connectivity index is 3.00. The Morgan fingerprint density at radius 3 is 2.76 bits per heavy atom. The lowest BCUT2D eigenvalue weighted by Crippen LogP contribution is -2.12. The highest BCUT2D eigenvalue weighted by Crippen LogP contribution is 2.22. The van der Waals surface area contributed by atoms with E-state index in [-0.39, 0.29) is 0 Å². The summed E-state index contributed by atoms with van der Waals surface area (Å²) in [6.45, 7) is 4.37. The fraction of sp³-hybridized carbons (Fsp3) is 0.385. The Morgan fingerprint density at radius 1 is 1.47 bits per heavy atom. The molecule has 1 aromatic carbocycles. The number of nitriles is 1. The summed E-state index contributed by atoms with van der Waals surface area (Å²) in [5.74, 6) is 0.591. The van der Waals surface area contributed by atoms with Crippen LogP contribution in [0, 0.1) is 17.4 Å². The summed E-state index contributed by atoms with van der Waals surface area (Å²) in [6, 6.07) is 8.05. The predicted molar refractivity (Wildman–Crippen MR) is 74.3 cm³/mol. The average molecular weight is 247 g/mol. The molecule has 0 saturated heterocycles. The van der Waals surface area contributed by atoms with Crippen molar-refractivity contribution in [2.75, 3.05) is 6.26 Å². The quantitative estimate of drug-likeness (QED) is 0.386. The van der Waals surface area contributed by atoms with Gasteiger partial charge in [0, 0.05) is 0 Å². The van der Waals surface area contributed by atoms with Gasteiger partial charge in [-0.2, -0.15) is 5.26 Å². The number of aliphatic imine (C=N–C) groups is 1. The molecule has 0 aromatic heterocycles. The maximum Gasteiger partial charge on any atom is 0.183 e. The van der Waals surface area contributed by atoms with Gasteiger partial charge in [-0.3, -0.25) is 5.32 Å². The second-order valence-electron chi connectivity index (χ2n) is 4.08. The minimum absolute atomic E-state index is 0.591. The molecule has 0 heterocycles. The molecule has 1 N–H and O–H groups in total. The molecule has 17 heavy (non-hydrogen) atoms. The average Bonchev–Trinajstić information content (AvgIpc) is 2.30. The summed E-state index contributed by atoms with van der Waals surface area (Å²) in [4.78, 5) is 4.47. The fourth-order valence-electron chi connectivity index (χ4n) is 1.51. The standard InChI is InChI=1S/C13H17N3S/c1-10(2)8-11-6-4-5-7-12(11)16-13(17-3)15-9-14/h4-7,10H,8H2,1-3H3,(H,15,16). The summed E-state index contributed by atoms with van der Waals surface area (Å²) >= 11 is 1.43. The number of nitrogens with one attached hydrogen (secondary N) is 1. The van der Waals surface area contributed by atoms with Crippen molar-refractivity contribution in [1.29, 1.82) is 5.26 Å². The first kappa shape index (κ1) is 13.6. The van der Waals surface area contributed by atoms with Crippen LogP contribution in [0.15, 0.2) is 29.3 Å². The van der Waals surface area contributed by atoms with Crippen LogP contribution in [0.2, 0.25) is 0 Å². The van der Waals surface area contributed by atoms with Crippen molar-refractivity contribution >= 4 is 22.6 Å². The van der Waals surface area contributed by atoms with E-state index in [9.17, 15) is 0 Å². The van der Waals surface area contributed by atoms with E-state index in [1.165, 1.54) is 17.3 Å². The van der Waals surface area contributed by atoms with Crippen LogP contribution in [0.25, 0.3) is 0 Å². The van der Waals surface area contributed by atoms with E-state index in [1.54, 1.807) is 0 Å². The van der Waals surface area contributed by atoms with Crippen molar-refractivity contribution in [3.05, 3.63) is 29.8 Å². The van der Waals surface area contributed by atoms with Crippen molar-refractivity contribution in [3.8, 4) is 6.19 Å². The van der Waals surface area contributed by atoms with Gasteiger partial charge in [0.15, 0.2) is 11.4 Å². The van der Waals surface area contributed by atoms with E-state index in [0.717, 1.165) is 12.1 Å². The summed E-state index contributed by atoms with van der Waals surface area (Å²) in [5, 5.41) is 11.8. The minimum atomic E-state index is 0.591. The summed E-state index contributed by atoms with van der Waals surface area (Å²) in [5.41, 5.74) is 2.15. The molecule has 1 rings (SSSR count). The van der Waals surface area contributed by atoms with Crippen LogP contribution in [-0.4, -0.2) is 11.4 Å². The topological polar surface area (TPSA) is 48.2 Å². The second-order valence-corrected chi connectivity index (χ2v) is 4.88. The first-order chi connectivity index (χ1) is 8.17. The molecule has 0 unspecified atom stereocenters. The predicted octanol–water partition coefficient (Wildman–Crippen LogP) is 3.31. The Hall–Kier alpha value is -1.47. The Bertz CT molecular complexity index is 433. The van der Waals surface area contributed by atoms with Crippen molar-refractivity contribution in [2.24, 2.45) is 10.9 Å². The number of thioether (sulfide) groups is 1. The van der Waals surface area contributed by atoms with Gasteiger partial charge in [0.2, 0.25) is 0 Å². The molecular weight excluding hydrogens is 230 g/mol. The van der Waals surface area contributed by atoms with Gasteiger partial charge in [0.1, 0.15) is 0 Å². The van der Waals surface area contributed by atoms with Gasteiger partial charge >= 0.3 is 0 Å². The zero-order valence-electron chi connectivity index (χ0n) is 10.4. The van der Waals surface area contributed by atoms with E-state index in [2.05, 4.69) is 30.2 Å². The van der Waals surface area contributed by atoms with Crippen LogP contribution >= 0.6 is 11.8 Å². The molecule has 90 valence electrons. The molecule has 0 atom stereocenters. The fourth-order valence-corrected chi connectivity index (χ4v) is 1.85. The van der Waals surface area contributed by atoms with Gasteiger partial charge < -0.3 is 0 Å². The van der Waals surface area contributed by atoms with E-state index >= 15 is 0 Å². The lowest BCUT2D eigenvalue weighted by atomic mass is 10.0. The van der Waals surface area contributed by atoms with Crippen LogP contribution in [0.1, 0.15) is 19.4 Å². The zero-order valence-corrected chi connectivity index (χ0v) is 11.2. The first-order valence-corrected chi connectivity index (χ1v) is 6.75. The molecule has 0 saturated carbocycles. The molecule has 0 aliphatic rings. The molecule has 1 aromatic rings. The normalized spacial score (nSPS) is 11.4. The SMILES string of the molecule is CSC(=Nc1ccccc1CC(C)C)NC#N. The monoisotopic (exact) mass is 247 g/mol. The number of nitrogens with zero attached hydrogens (tertiary/aromatic N) is 2. The molecule has 0 spiro atoms. The molecule has 4 heteroatoms. The van der Waals surface area contributed by atoms with Crippen LogP contribution in [-0.2, 0) is 6.42 Å². The number of para-hydroxylation sites is 1. The molecule has 0 amide bonds. The van der Waals surface area contributed by atoms with E-state index in [0.29, 0.717) is 11.1 Å². The lowest BCUT2D eigenvalue weighted by molar-refractivity contribution is 0.648. The van der Waals surface area contributed by atoms with Crippen LogP contribution in [0.3, 0.4) is 0 Å². The van der Waals surface area contributed by atoms with Gasteiger partial charge in [-0.1, -0.05) is 43.8 Å². The number of hydrogen-bond donors (Lipinski definition) is 1. The summed E-state index contributed by atoms with van der Waals surface area (Å²) in [6.07, 6.45) is 4.79. The van der Waals surface area contributed by atoms with Gasteiger partial charge in [-0.25, -0.2) is 4.99 Å². The minimum Gasteiger partial charge on any atom is -0.271 e. The summed E-state index contributed by atoms with van der Waals surface area (Å²) in [7, 11) is 0. The molecular formula is C13H17N3S. The van der Waals surface area contributed by atoms with Crippen LogP contribution in [0.5, 0.6) is 0 Å². The van der Waals surface area contributed by atoms with Gasteiger partial charge in [-0.05, 0) is 30.2 Å². The van der Waals surface area contributed by atoms with Crippen LogP contribution in [0.4, 0.5) is 5.69 Å². The van der Waals surface area contributed by atoms with Crippen LogP contribution < -0.4 is 5.32 Å². The third-order valence-corrected chi connectivity index (χ3v) is 2.78. The van der Waals surface area contributed by atoms with Gasteiger partial charge in [-0.15, -0.1) is 0 Å². The Labute approximate surface area is 107 Å². The number of hydrogen-bond acceptors (Lipinski definition) is 3. The lowest BCUT2D eigenvalue weighted by Gasteiger charge is -2.09. The van der Waals surface area contributed by atoms with Gasteiger partial charge in [0.05, 0.1) is 5.69 Å². The molecule has 0 radical (unpaired) electrons. The first-order valence-electron chi connectivity index (χ1n) is 5.53. The largest absolute Gasteiger partial charge is 0.271 e. The third-order valence-electron chi connectivity index (χ3n) is 2.20. The molecule has 0 fully saturated rings. The highest BCUT2D eigenvalue weighted by Gasteiger charge is 2.04. The highest BCUT2D eigenvalue weighted by molar-refractivity contribution is 8.13. The zero-order chi connectivity index (χ0) is 12.7. The molecule has 0 aliphatic heterocycles. The molecule has 0 aliphatic carbocycles. The van der Waals surface area contributed by atoms with E-state index in [1.807, 2.05) is 30.6 Å². The van der Waals surface area contributed by atoms with Crippen molar-refractivity contribution in [2.45, 2.75) is 20.3 Å². The Kier molecular flexibility index (Phi) is 5.58. The van der Waals surface area contributed by atoms with Crippen molar-refractivity contribution in [1.82, 2.24) is 5.32 Å². The number of benzene rings is 1. The highest BCUT2D eigenvalue weighted by atomic mass is 32.2. The third kappa shape index (κ3) is 4.49. The number of amidine groups is 1. The van der Waals surface area contributed by atoms with Gasteiger partial charge in [0.25, 0.3) is 0 Å². The number of rotatable bonds is 3. The molecule has 0 bridgehead atoms. The molecule has 3 nitrogen and oxygen atoms in total. The van der Waals surface area contributed by atoms with E-state index in [4.69, 9.17) is 5.26 Å². The maximum atomic E-state index is 8.61. The maximum absolute atomic E-state index is 8.61. The second kappa shape index (κ2) is 6.97. The van der Waals surface area contributed by atoms with Crippen molar-refractivity contribution in [3.63, 3.8) is 0 Å². The smallest absolute Gasteiger partial charge is 0.183 e. The van der Waals surface area contributed by atoms with Crippen molar-refractivity contribution < 1.29 is 0 Å².